The summed E-state index contributed by atoms with van der Waals surface area (Å²) in [4.78, 5) is 2.38. The molecule has 18 heavy (non-hydrogen) atoms. The number of hydrogen-bond donors (Lipinski definition) is 1. The van der Waals surface area contributed by atoms with Crippen molar-refractivity contribution in [2.75, 3.05) is 20.1 Å². The van der Waals surface area contributed by atoms with Crippen LogP contribution in [0.1, 0.15) is 31.4 Å². The first kappa shape index (κ1) is 15.7. The summed E-state index contributed by atoms with van der Waals surface area (Å²) in [5, 5.41) is 0. The molecule has 0 aromatic heterocycles. The minimum absolute atomic E-state index is 0.281. The molecular formula is C15H25BrN2. The fourth-order valence-electron chi connectivity index (χ4n) is 2.36. The summed E-state index contributed by atoms with van der Waals surface area (Å²) >= 11 is 3.54. The molecule has 0 spiro atoms. The van der Waals surface area contributed by atoms with Crippen LogP contribution in [0.3, 0.4) is 0 Å². The van der Waals surface area contributed by atoms with Gasteiger partial charge in [0.25, 0.3) is 0 Å². The molecule has 102 valence electrons. The molecule has 0 radical (unpaired) electrons. The number of hydrogen-bond acceptors (Lipinski definition) is 2. The molecule has 0 aliphatic heterocycles. The van der Waals surface area contributed by atoms with Crippen molar-refractivity contribution in [3.05, 3.63) is 33.8 Å². The number of nitrogens with zero attached hydrogens (tertiary/aromatic N) is 1. The summed E-state index contributed by atoms with van der Waals surface area (Å²) in [5.41, 5.74) is 8.68. The lowest BCUT2D eigenvalue weighted by molar-refractivity contribution is 0.194. The molecule has 2 nitrogen and oxygen atoms in total. The first-order chi connectivity index (χ1) is 8.34. The number of benzene rings is 1. The highest BCUT2D eigenvalue weighted by Crippen LogP contribution is 2.23. The largest absolute Gasteiger partial charge is 0.330 e. The maximum atomic E-state index is 5.66. The zero-order valence-corrected chi connectivity index (χ0v) is 13.5. The van der Waals surface area contributed by atoms with Crippen LogP contribution in [0, 0.1) is 12.3 Å². The summed E-state index contributed by atoms with van der Waals surface area (Å²) in [7, 11) is 2.18. The predicted octanol–water partition coefficient (Wildman–Crippen LogP) is 3.56. The highest BCUT2D eigenvalue weighted by atomic mass is 79.9. The molecule has 1 aromatic carbocycles. The quantitative estimate of drug-likeness (QED) is 0.870. The average molecular weight is 313 g/mol. The topological polar surface area (TPSA) is 29.3 Å². The fourth-order valence-corrected chi connectivity index (χ4v) is 2.77. The van der Waals surface area contributed by atoms with Gasteiger partial charge in [0, 0.05) is 17.6 Å². The van der Waals surface area contributed by atoms with E-state index in [1.807, 2.05) is 0 Å². The van der Waals surface area contributed by atoms with Gasteiger partial charge in [0.15, 0.2) is 0 Å². The van der Waals surface area contributed by atoms with Crippen molar-refractivity contribution in [3.63, 3.8) is 0 Å². The number of halogens is 1. The Morgan fingerprint density at radius 2 is 2.00 bits per heavy atom. The van der Waals surface area contributed by atoms with E-state index in [0.29, 0.717) is 0 Å². The van der Waals surface area contributed by atoms with Crippen molar-refractivity contribution in [1.82, 2.24) is 4.90 Å². The first-order valence-electron chi connectivity index (χ1n) is 6.48. The van der Waals surface area contributed by atoms with Crippen LogP contribution in [-0.2, 0) is 6.54 Å². The fraction of sp³-hybridized carbons (Fsp3) is 0.600. The molecule has 0 aliphatic rings. The Kier molecular flexibility index (Phi) is 5.83. The van der Waals surface area contributed by atoms with Crippen LogP contribution in [0.5, 0.6) is 0 Å². The molecule has 0 aliphatic carbocycles. The lowest BCUT2D eigenvalue weighted by Gasteiger charge is -2.30. The van der Waals surface area contributed by atoms with E-state index in [1.54, 1.807) is 0 Å². The van der Waals surface area contributed by atoms with Gasteiger partial charge in [-0.1, -0.05) is 35.8 Å². The Bertz CT molecular complexity index is 388. The van der Waals surface area contributed by atoms with Gasteiger partial charge in [0.1, 0.15) is 0 Å². The SMILES string of the molecule is Cc1ccc(Br)cc1CN(C)CC(C)(C)CCN. The van der Waals surface area contributed by atoms with Crippen LogP contribution < -0.4 is 5.73 Å². The van der Waals surface area contributed by atoms with Crippen molar-refractivity contribution in [2.45, 2.75) is 33.7 Å². The van der Waals surface area contributed by atoms with Crippen molar-refractivity contribution in [2.24, 2.45) is 11.1 Å². The predicted molar refractivity (Wildman–Crippen MR) is 82.7 cm³/mol. The van der Waals surface area contributed by atoms with Crippen molar-refractivity contribution in [3.8, 4) is 0 Å². The Labute approximate surface area is 120 Å². The Hall–Kier alpha value is -0.380. The van der Waals surface area contributed by atoms with Gasteiger partial charge in [-0.15, -0.1) is 0 Å². The van der Waals surface area contributed by atoms with E-state index in [4.69, 9.17) is 5.73 Å². The van der Waals surface area contributed by atoms with E-state index in [2.05, 4.69) is 66.8 Å². The molecule has 0 fully saturated rings. The van der Waals surface area contributed by atoms with Crippen LogP contribution in [0.2, 0.25) is 0 Å². The van der Waals surface area contributed by atoms with Crippen molar-refractivity contribution >= 4 is 15.9 Å². The van der Waals surface area contributed by atoms with Gasteiger partial charge < -0.3 is 10.6 Å². The second-order valence-electron chi connectivity index (χ2n) is 5.95. The first-order valence-corrected chi connectivity index (χ1v) is 7.27. The maximum Gasteiger partial charge on any atom is 0.0233 e. The zero-order chi connectivity index (χ0) is 13.8. The van der Waals surface area contributed by atoms with Gasteiger partial charge in [-0.3, -0.25) is 0 Å². The number of rotatable bonds is 6. The molecule has 0 amide bonds. The third kappa shape index (κ3) is 5.09. The van der Waals surface area contributed by atoms with E-state index in [-0.39, 0.29) is 5.41 Å². The van der Waals surface area contributed by atoms with Gasteiger partial charge >= 0.3 is 0 Å². The second-order valence-corrected chi connectivity index (χ2v) is 6.86. The average Bonchev–Trinajstić information content (AvgIpc) is 2.22. The van der Waals surface area contributed by atoms with Crippen molar-refractivity contribution in [1.29, 1.82) is 0 Å². The van der Waals surface area contributed by atoms with Crippen LogP contribution in [-0.4, -0.2) is 25.0 Å². The molecule has 0 bridgehead atoms. The lowest BCUT2D eigenvalue weighted by Crippen LogP contribution is -2.32. The smallest absolute Gasteiger partial charge is 0.0233 e. The van der Waals surface area contributed by atoms with Gasteiger partial charge in [-0.25, -0.2) is 0 Å². The van der Waals surface area contributed by atoms with Crippen molar-refractivity contribution < 1.29 is 0 Å². The normalized spacial score (nSPS) is 12.2. The van der Waals surface area contributed by atoms with E-state index < -0.39 is 0 Å². The molecule has 0 unspecified atom stereocenters. The third-order valence-corrected chi connectivity index (χ3v) is 3.76. The zero-order valence-electron chi connectivity index (χ0n) is 12.0. The minimum Gasteiger partial charge on any atom is -0.330 e. The Morgan fingerprint density at radius 3 is 2.61 bits per heavy atom. The standard InChI is InChI=1S/C15H25BrN2/c1-12-5-6-14(16)9-13(12)10-18(4)11-15(2,3)7-8-17/h5-6,9H,7-8,10-11,17H2,1-4H3. The summed E-state index contributed by atoms with van der Waals surface area (Å²) in [6, 6.07) is 6.47. The summed E-state index contributed by atoms with van der Waals surface area (Å²) in [6.07, 6.45) is 1.06. The van der Waals surface area contributed by atoms with Gasteiger partial charge in [0.2, 0.25) is 0 Å². The summed E-state index contributed by atoms with van der Waals surface area (Å²) in [5.74, 6) is 0. The molecule has 1 aromatic rings. The highest BCUT2D eigenvalue weighted by Gasteiger charge is 2.19. The molecule has 0 atom stereocenters. The van der Waals surface area contributed by atoms with E-state index in [9.17, 15) is 0 Å². The van der Waals surface area contributed by atoms with Gasteiger partial charge in [0.05, 0.1) is 0 Å². The maximum absolute atomic E-state index is 5.66. The lowest BCUT2D eigenvalue weighted by atomic mass is 9.88. The molecule has 0 saturated carbocycles. The molecule has 0 saturated heterocycles. The van der Waals surface area contributed by atoms with E-state index >= 15 is 0 Å². The summed E-state index contributed by atoms with van der Waals surface area (Å²) in [6.45, 7) is 9.54. The minimum atomic E-state index is 0.281. The van der Waals surface area contributed by atoms with E-state index in [1.165, 1.54) is 11.1 Å². The van der Waals surface area contributed by atoms with Crippen LogP contribution in [0.25, 0.3) is 0 Å². The molecule has 0 heterocycles. The molecular weight excluding hydrogens is 288 g/mol. The van der Waals surface area contributed by atoms with E-state index in [0.717, 1.165) is 30.5 Å². The number of nitrogens with two attached hydrogens (primary N) is 1. The Morgan fingerprint density at radius 1 is 1.33 bits per heavy atom. The van der Waals surface area contributed by atoms with Gasteiger partial charge in [-0.05, 0) is 55.6 Å². The number of aryl methyl sites for hydroxylation is 1. The molecule has 3 heteroatoms. The van der Waals surface area contributed by atoms with Crippen LogP contribution in [0.15, 0.2) is 22.7 Å². The monoisotopic (exact) mass is 312 g/mol. The summed E-state index contributed by atoms with van der Waals surface area (Å²) < 4.78 is 1.15. The van der Waals surface area contributed by atoms with Crippen LogP contribution in [0.4, 0.5) is 0 Å². The molecule has 1 rings (SSSR count). The Balaban J connectivity index is 2.64. The molecule has 2 N–H and O–H groups in total. The highest BCUT2D eigenvalue weighted by molar-refractivity contribution is 9.10. The van der Waals surface area contributed by atoms with Crippen LogP contribution >= 0.6 is 15.9 Å². The second kappa shape index (κ2) is 6.69. The van der Waals surface area contributed by atoms with Gasteiger partial charge in [-0.2, -0.15) is 0 Å². The third-order valence-electron chi connectivity index (χ3n) is 3.27.